The molecule has 0 radical (unpaired) electrons. The second-order valence-electron chi connectivity index (χ2n) is 4.84. The van der Waals surface area contributed by atoms with Crippen LogP contribution in [-0.4, -0.2) is 61.6 Å². The molecule has 0 aliphatic carbocycles. The maximum Gasteiger partial charge on any atom is 0.317 e. The van der Waals surface area contributed by atoms with Crippen molar-refractivity contribution in [2.24, 2.45) is 0 Å². The van der Waals surface area contributed by atoms with Crippen molar-refractivity contribution in [2.45, 2.75) is 6.92 Å². The van der Waals surface area contributed by atoms with Crippen LogP contribution in [0.15, 0.2) is 24.3 Å². The second kappa shape index (κ2) is 6.97. The Morgan fingerprint density at radius 1 is 1.10 bits per heavy atom. The summed E-state index contributed by atoms with van der Waals surface area (Å²) in [4.78, 5) is 27.6. The van der Waals surface area contributed by atoms with Gasteiger partial charge in [0.25, 0.3) is 5.91 Å². The molecule has 1 heterocycles. The minimum Gasteiger partial charge on any atom is -0.497 e. The molecule has 0 spiro atoms. The Labute approximate surface area is 124 Å². The fraction of sp³-hybridized carbons (Fsp3) is 0.467. The van der Waals surface area contributed by atoms with Gasteiger partial charge >= 0.3 is 6.03 Å². The van der Waals surface area contributed by atoms with Crippen LogP contribution in [0, 0.1) is 0 Å². The first-order valence-corrected chi connectivity index (χ1v) is 7.11. The predicted octanol–water partition coefficient (Wildman–Crippen LogP) is 1.18. The lowest BCUT2D eigenvalue weighted by atomic mass is 10.1. The fourth-order valence-electron chi connectivity index (χ4n) is 2.29. The van der Waals surface area contributed by atoms with Gasteiger partial charge in [0.15, 0.2) is 0 Å². The predicted molar refractivity (Wildman–Crippen MR) is 79.5 cm³/mol. The lowest BCUT2D eigenvalue weighted by Gasteiger charge is -2.34. The van der Waals surface area contributed by atoms with Gasteiger partial charge in [0, 0.05) is 38.3 Å². The lowest BCUT2D eigenvalue weighted by molar-refractivity contribution is 0.0665. The Balaban J connectivity index is 1.92. The van der Waals surface area contributed by atoms with Crippen molar-refractivity contribution in [1.29, 1.82) is 0 Å². The van der Waals surface area contributed by atoms with Crippen LogP contribution in [0.1, 0.15) is 17.3 Å². The number of nitrogens with zero attached hydrogens (tertiary/aromatic N) is 2. The molecule has 0 atom stereocenters. The number of benzene rings is 1. The molecule has 2 rings (SSSR count). The number of ether oxygens (including phenoxy) is 1. The lowest BCUT2D eigenvalue weighted by Crippen LogP contribution is -2.53. The molecular weight excluding hydrogens is 270 g/mol. The first-order chi connectivity index (χ1) is 10.2. The Morgan fingerprint density at radius 3 is 2.19 bits per heavy atom. The minimum atomic E-state index is -0.0611. The van der Waals surface area contributed by atoms with Crippen molar-refractivity contribution in [3.05, 3.63) is 29.8 Å². The van der Waals surface area contributed by atoms with Crippen molar-refractivity contribution in [3.63, 3.8) is 0 Å². The van der Waals surface area contributed by atoms with Crippen LogP contribution in [0.4, 0.5) is 4.79 Å². The van der Waals surface area contributed by atoms with Gasteiger partial charge in [-0.25, -0.2) is 4.79 Å². The average Bonchev–Trinajstić information content (AvgIpc) is 2.54. The van der Waals surface area contributed by atoms with E-state index in [0.717, 1.165) is 5.75 Å². The number of piperazine rings is 1. The van der Waals surface area contributed by atoms with Gasteiger partial charge in [0.05, 0.1) is 7.11 Å². The van der Waals surface area contributed by atoms with Gasteiger partial charge in [0.2, 0.25) is 0 Å². The SMILES string of the molecule is CCNC(=O)N1CCN(C(=O)c2ccc(OC)cc2)CC1. The molecule has 3 amide bonds. The monoisotopic (exact) mass is 291 g/mol. The maximum absolute atomic E-state index is 12.4. The summed E-state index contributed by atoms with van der Waals surface area (Å²) < 4.78 is 5.08. The summed E-state index contributed by atoms with van der Waals surface area (Å²) in [5.41, 5.74) is 0.641. The van der Waals surface area contributed by atoms with E-state index in [1.54, 1.807) is 41.2 Å². The number of nitrogens with one attached hydrogen (secondary N) is 1. The summed E-state index contributed by atoms with van der Waals surface area (Å²) in [5.74, 6) is 0.723. The summed E-state index contributed by atoms with van der Waals surface area (Å²) in [5, 5.41) is 2.77. The highest BCUT2D eigenvalue weighted by atomic mass is 16.5. The standard InChI is InChI=1S/C15H21N3O3/c1-3-16-15(20)18-10-8-17(9-11-18)14(19)12-4-6-13(21-2)7-5-12/h4-7H,3,8-11H2,1-2H3,(H,16,20). The number of rotatable bonds is 3. The Bertz CT molecular complexity index is 493. The van der Waals surface area contributed by atoms with Gasteiger partial charge in [0.1, 0.15) is 5.75 Å². The molecule has 0 saturated carbocycles. The van der Waals surface area contributed by atoms with E-state index in [9.17, 15) is 9.59 Å². The smallest absolute Gasteiger partial charge is 0.317 e. The summed E-state index contributed by atoms with van der Waals surface area (Å²) >= 11 is 0. The molecule has 1 saturated heterocycles. The highest BCUT2D eigenvalue weighted by Gasteiger charge is 2.24. The third-order valence-electron chi connectivity index (χ3n) is 3.52. The molecule has 1 aliphatic rings. The molecule has 1 N–H and O–H groups in total. The Morgan fingerprint density at radius 2 is 1.67 bits per heavy atom. The Kier molecular flexibility index (Phi) is 5.03. The van der Waals surface area contributed by atoms with Gasteiger partial charge in [-0.05, 0) is 31.2 Å². The molecule has 114 valence electrons. The zero-order valence-corrected chi connectivity index (χ0v) is 12.5. The molecule has 6 nitrogen and oxygen atoms in total. The molecule has 0 aromatic heterocycles. The zero-order chi connectivity index (χ0) is 15.2. The third kappa shape index (κ3) is 3.65. The highest BCUT2D eigenvalue weighted by Crippen LogP contribution is 2.14. The van der Waals surface area contributed by atoms with E-state index < -0.39 is 0 Å². The van der Waals surface area contributed by atoms with Crippen molar-refractivity contribution in [2.75, 3.05) is 39.8 Å². The van der Waals surface area contributed by atoms with Crippen LogP contribution in [0.5, 0.6) is 5.75 Å². The van der Waals surface area contributed by atoms with Crippen LogP contribution < -0.4 is 10.1 Å². The van der Waals surface area contributed by atoms with Crippen LogP contribution in [-0.2, 0) is 0 Å². The van der Waals surface area contributed by atoms with E-state index in [1.807, 2.05) is 6.92 Å². The minimum absolute atomic E-state index is 0.00629. The average molecular weight is 291 g/mol. The topological polar surface area (TPSA) is 61.9 Å². The third-order valence-corrected chi connectivity index (χ3v) is 3.52. The summed E-state index contributed by atoms with van der Waals surface area (Å²) in [6.45, 7) is 4.75. The summed E-state index contributed by atoms with van der Waals surface area (Å²) in [7, 11) is 1.59. The maximum atomic E-state index is 12.4. The van der Waals surface area contributed by atoms with E-state index in [2.05, 4.69) is 5.32 Å². The van der Waals surface area contributed by atoms with Crippen molar-refractivity contribution >= 4 is 11.9 Å². The molecule has 0 bridgehead atoms. The summed E-state index contributed by atoms with van der Waals surface area (Å²) in [6.07, 6.45) is 0. The number of hydrogen-bond acceptors (Lipinski definition) is 3. The largest absolute Gasteiger partial charge is 0.497 e. The van der Waals surface area contributed by atoms with Crippen molar-refractivity contribution < 1.29 is 14.3 Å². The van der Waals surface area contributed by atoms with E-state index >= 15 is 0 Å². The Hall–Kier alpha value is -2.24. The zero-order valence-electron chi connectivity index (χ0n) is 12.5. The normalized spacial score (nSPS) is 14.8. The van der Waals surface area contributed by atoms with Gasteiger partial charge in [-0.3, -0.25) is 4.79 Å². The highest BCUT2D eigenvalue weighted by molar-refractivity contribution is 5.94. The number of carbonyl (C=O) groups is 2. The number of carbonyl (C=O) groups excluding carboxylic acids is 2. The second-order valence-corrected chi connectivity index (χ2v) is 4.84. The van der Waals surface area contributed by atoms with E-state index in [4.69, 9.17) is 4.74 Å². The van der Waals surface area contributed by atoms with Crippen LogP contribution in [0.3, 0.4) is 0 Å². The molecule has 0 unspecified atom stereocenters. The van der Waals surface area contributed by atoms with Gasteiger partial charge in [-0.1, -0.05) is 0 Å². The molecule has 1 fully saturated rings. The first kappa shape index (κ1) is 15.2. The van der Waals surface area contributed by atoms with Crippen molar-refractivity contribution in [3.8, 4) is 5.75 Å². The molecule has 1 aromatic carbocycles. The molecule has 1 aliphatic heterocycles. The van der Waals surface area contributed by atoms with Crippen LogP contribution >= 0.6 is 0 Å². The van der Waals surface area contributed by atoms with Gasteiger partial charge < -0.3 is 19.9 Å². The number of methoxy groups -OCH3 is 1. The van der Waals surface area contributed by atoms with E-state index in [0.29, 0.717) is 38.3 Å². The number of urea groups is 1. The first-order valence-electron chi connectivity index (χ1n) is 7.11. The quantitative estimate of drug-likeness (QED) is 0.909. The summed E-state index contributed by atoms with van der Waals surface area (Å²) in [6, 6.07) is 7.01. The van der Waals surface area contributed by atoms with E-state index in [1.165, 1.54) is 0 Å². The molecule has 1 aromatic rings. The van der Waals surface area contributed by atoms with Crippen LogP contribution in [0.25, 0.3) is 0 Å². The fourth-order valence-corrected chi connectivity index (χ4v) is 2.29. The molecule has 21 heavy (non-hydrogen) atoms. The van der Waals surface area contributed by atoms with Gasteiger partial charge in [-0.2, -0.15) is 0 Å². The number of hydrogen-bond donors (Lipinski definition) is 1. The van der Waals surface area contributed by atoms with Crippen molar-refractivity contribution in [1.82, 2.24) is 15.1 Å². The molecule has 6 heteroatoms. The van der Waals surface area contributed by atoms with Gasteiger partial charge in [-0.15, -0.1) is 0 Å². The molecular formula is C15H21N3O3. The van der Waals surface area contributed by atoms with E-state index in [-0.39, 0.29) is 11.9 Å². The van der Waals surface area contributed by atoms with Crippen LogP contribution in [0.2, 0.25) is 0 Å². The number of amides is 3.